The van der Waals surface area contributed by atoms with Crippen LogP contribution in [0.1, 0.15) is 19.3 Å². The molecular weight excluding hydrogens is 419 g/mol. The van der Waals surface area contributed by atoms with Crippen molar-refractivity contribution in [2.75, 3.05) is 24.4 Å². The zero-order valence-corrected chi connectivity index (χ0v) is 17.2. The average molecular weight is 439 g/mol. The molecule has 0 heterocycles. The first-order valence-electron chi connectivity index (χ1n) is 8.72. The predicted octanol–water partition coefficient (Wildman–Crippen LogP) is 4.29. The van der Waals surface area contributed by atoms with Crippen LogP contribution in [0.4, 0.5) is 11.4 Å². The summed E-state index contributed by atoms with van der Waals surface area (Å²) in [6.45, 7) is -0.411. The Kier molecular flexibility index (Phi) is 8.76. The Morgan fingerprint density at radius 1 is 0.897 bits per heavy atom. The smallest absolute Gasteiger partial charge is 0.306 e. The molecule has 2 amide bonds. The van der Waals surface area contributed by atoms with Crippen LogP contribution in [0.25, 0.3) is 0 Å². The van der Waals surface area contributed by atoms with Gasteiger partial charge in [0.15, 0.2) is 6.61 Å². The first-order chi connectivity index (χ1) is 13.9. The molecule has 2 aromatic carbocycles. The number of anilines is 2. The van der Waals surface area contributed by atoms with Gasteiger partial charge in [-0.2, -0.15) is 0 Å². The predicted molar refractivity (Wildman–Crippen MR) is 112 cm³/mol. The highest BCUT2D eigenvalue weighted by molar-refractivity contribution is 6.42. The Hall–Kier alpha value is -2.77. The minimum absolute atomic E-state index is 0.0151. The van der Waals surface area contributed by atoms with Gasteiger partial charge in [-0.1, -0.05) is 29.3 Å². The summed E-state index contributed by atoms with van der Waals surface area (Å²) in [5.41, 5.74) is 1.05. The summed E-state index contributed by atoms with van der Waals surface area (Å²) >= 11 is 11.7. The van der Waals surface area contributed by atoms with Crippen LogP contribution in [0.15, 0.2) is 42.5 Å². The minimum Gasteiger partial charge on any atom is -0.497 e. The molecular formula is C20H20Cl2N2O5. The molecule has 154 valence electrons. The maximum atomic E-state index is 11.9. The van der Waals surface area contributed by atoms with E-state index in [0.717, 1.165) is 0 Å². The molecule has 0 fully saturated rings. The number of halogens is 2. The van der Waals surface area contributed by atoms with E-state index in [2.05, 4.69) is 10.6 Å². The van der Waals surface area contributed by atoms with Crippen molar-refractivity contribution in [2.24, 2.45) is 0 Å². The van der Waals surface area contributed by atoms with Gasteiger partial charge in [0.05, 0.1) is 17.2 Å². The molecule has 0 aliphatic carbocycles. The van der Waals surface area contributed by atoms with Crippen molar-refractivity contribution >= 4 is 52.4 Å². The van der Waals surface area contributed by atoms with Crippen LogP contribution in [0.5, 0.6) is 5.75 Å². The molecule has 2 rings (SSSR count). The largest absolute Gasteiger partial charge is 0.497 e. The second kappa shape index (κ2) is 11.3. The van der Waals surface area contributed by atoms with Gasteiger partial charge in [0, 0.05) is 30.3 Å². The number of carbonyl (C=O) groups is 3. The van der Waals surface area contributed by atoms with Crippen LogP contribution >= 0.6 is 23.2 Å². The standard InChI is InChI=1S/C20H20Cl2N2O5/c1-28-15-5-2-4-13(10-15)24-19(26)12-29-20(27)7-3-6-18(25)23-14-8-9-16(21)17(22)11-14/h2,4-5,8-11H,3,6-7,12H2,1H3,(H,23,25)(H,24,26). The molecule has 9 heteroatoms. The quantitative estimate of drug-likeness (QED) is 0.569. The molecule has 2 N–H and O–H groups in total. The van der Waals surface area contributed by atoms with E-state index in [1.165, 1.54) is 13.2 Å². The number of ether oxygens (including phenoxy) is 2. The number of carbonyl (C=O) groups excluding carboxylic acids is 3. The van der Waals surface area contributed by atoms with Gasteiger partial charge in [0.1, 0.15) is 5.75 Å². The first kappa shape index (κ1) is 22.5. The van der Waals surface area contributed by atoms with Crippen LogP contribution in [-0.4, -0.2) is 31.5 Å². The van der Waals surface area contributed by atoms with Gasteiger partial charge < -0.3 is 20.1 Å². The summed E-state index contributed by atoms with van der Waals surface area (Å²) in [7, 11) is 1.52. The number of hydrogen-bond donors (Lipinski definition) is 2. The lowest BCUT2D eigenvalue weighted by Gasteiger charge is -2.08. The molecule has 0 radical (unpaired) electrons. The molecule has 2 aromatic rings. The fourth-order valence-electron chi connectivity index (χ4n) is 2.31. The molecule has 0 bridgehead atoms. The number of hydrogen-bond acceptors (Lipinski definition) is 5. The maximum absolute atomic E-state index is 11.9. The fourth-order valence-corrected chi connectivity index (χ4v) is 2.60. The van der Waals surface area contributed by atoms with Crippen LogP contribution in [0.2, 0.25) is 10.0 Å². The number of amides is 2. The van der Waals surface area contributed by atoms with E-state index < -0.39 is 18.5 Å². The van der Waals surface area contributed by atoms with Gasteiger partial charge in [0.2, 0.25) is 5.91 Å². The van der Waals surface area contributed by atoms with E-state index in [1.807, 2.05) is 0 Å². The molecule has 7 nitrogen and oxygen atoms in total. The van der Waals surface area contributed by atoms with Gasteiger partial charge in [-0.25, -0.2) is 0 Å². The van der Waals surface area contributed by atoms with Crippen molar-refractivity contribution in [3.8, 4) is 5.75 Å². The fraction of sp³-hybridized carbons (Fsp3) is 0.250. The second-order valence-corrected chi connectivity index (χ2v) is 6.79. The van der Waals surface area contributed by atoms with E-state index >= 15 is 0 Å². The Morgan fingerprint density at radius 3 is 2.34 bits per heavy atom. The third-order valence-corrected chi connectivity index (χ3v) is 4.44. The van der Waals surface area contributed by atoms with Gasteiger partial charge in [-0.3, -0.25) is 14.4 Å². The lowest BCUT2D eigenvalue weighted by Crippen LogP contribution is -2.21. The molecule has 0 atom stereocenters. The molecule has 0 aliphatic rings. The van der Waals surface area contributed by atoms with Crippen molar-refractivity contribution in [3.63, 3.8) is 0 Å². The number of methoxy groups -OCH3 is 1. The summed E-state index contributed by atoms with van der Waals surface area (Å²) in [5, 5.41) is 5.99. The van der Waals surface area contributed by atoms with Gasteiger partial charge in [-0.15, -0.1) is 0 Å². The third kappa shape index (κ3) is 8.01. The summed E-state index contributed by atoms with van der Waals surface area (Å²) in [4.78, 5) is 35.5. The molecule has 29 heavy (non-hydrogen) atoms. The summed E-state index contributed by atoms with van der Waals surface area (Å²) in [6.07, 6.45) is 0.413. The van der Waals surface area contributed by atoms with Crippen LogP contribution in [0, 0.1) is 0 Å². The topological polar surface area (TPSA) is 93.7 Å². The lowest BCUT2D eigenvalue weighted by molar-refractivity contribution is -0.147. The van der Waals surface area contributed by atoms with Crippen molar-refractivity contribution in [1.82, 2.24) is 0 Å². The van der Waals surface area contributed by atoms with Crippen molar-refractivity contribution in [2.45, 2.75) is 19.3 Å². The number of rotatable bonds is 9. The number of nitrogens with one attached hydrogen (secondary N) is 2. The summed E-state index contributed by atoms with van der Waals surface area (Å²) < 4.78 is 9.98. The normalized spacial score (nSPS) is 10.2. The average Bonchev–Trinajstić information content (AvgIpc) is 2.69. The highest BCUT2D eigenvalue weighted by Crippen LogP contribution is 2.25. The Bertz CT molecular complexity index is 889. The first-order valence-corrected chi connectivity index (χ1v) is 9.47. The van der Waals surface area contributed by atoms with Crippen molar-refractivity contribution < 1.29 is 23.9 Å². The van der Waals surface area contributed by atoms with Crippen molar-refractivity contribution in [3.05, 3.63) is 52.5 Å². The van der Waals surface area contributed by atoms with E-state index in [1.54, 1.807) is 36.4 Å². The van der Waals surface area contributed by atoms with Crippen LogP contribution < -0.4 is 15.4 Å². The third-order valence-electron chi connectivity index (χ3n) is 3.71. The monoisotopic (exact) mass is 438 g/mol. The molecule has 0 spiro atoms. The second-order valence-electron chi connectivity index (χ2n) is 5.97. The van der Waals surface area contributed by atoms with E-state index in [4.69, 9.17) is 32.7 Å². The van der Waals surface area contributed by atoms with E-state index in [0.29, 0.717) is 27.2 Å². The minimum atomic E-state index is -0.562. The number of esters is 1. The molecule has 0 saturated carbocycles. The molecule has 0 saturated heterocycles. The Morgan fingerprint density at radius 2 is 1.62 bits per heavy atom. The van der Waals surface area contributed by atoms with Crippen LogP contribution in [0.3, 0.4) is 0 Å². The van der Waals surface area contributed by atoms with Gasteiger partial charge >= 0.3 is 5.97 Å². The van der Waals surface area contributed by atoms with E-state index in [-0.39, 0.29) is 25.2 Å². The number of benzene rings is 2. The lowest BCUT2D eigenvalue weighted by atomic mass is 10.2. The van der Waals surface area contributed by atoms with E-state index in [9.17, 15) is 14.4 Å². The highest BCUT2D eigenvalue weighted by atomic mass is 35.5. The van der Waals surface area contributed by atoms with Gasteiger partial charge in [0.25, 0.3) is 5.91 Å². The Labute approximate surface area is 178 Å². The zero-order valence-electron chi connectivity index (χ0n) is 15.7. The molecule has 0 aromatic heterocycles. The summed E-state index contributed by atoms with van der Waals surface area (Å²) in [6, 6.07) is 11.5. The maximum Gasteiger partial charge on any atom is 0.306 e. The van der Waals surface area contributed by atoms with Crippen LogP contribution in [-0.2, 0) is 19.1 Å². The Balaban J connectivity index is 1.65. The highest BCUT2D eigenvalue weighted by Gasteiger charge is 2.10. The van der Waals surface area contributed by atoms with Gasteiger partial charge in [-0.05, 0) is 36.8 Å². The SMILES string of the molecule is COc1cccc(NC(=O)COC(=O)CCCC(=O)Nc2ccc(Cl)c(Cl)c2)c1. The molecule has 0 aliphatic heterocycles. The summed E-state index contributed by atoms with van der Waals surface area (Å²) in [5.74, 6) is -0.706. The molecule has 0 unspecified atom stereocenters. The van der Waals surface area contributed by atoms with Crippen molar-refractivity contribution in [1.29, 1.82) is 0 Å². The zero-order chi connectivity index (χ0) is 21.2.